The molecule has 2 aliphatic heterocycles. The van der Waals surface area contributed by atoms with Crippen LogP contribution in [0.25, 0.3) is 0 Å². The number of pyridine rings is 1. The van der Waals surface area contributed by atoms with Gasteiger partial charge in [0.05, 0.1) is 0 Å². The van der Waals surface area contributed by atoms with Gasteiger partial charge in [-0.2, -0.15) is 0 Å². The number of hydrazine groups is 1. The van der Waals surface area contributed by atoms with Gasteiger partial charge in [-0.3, -0.25) is 14.6 Å². The Labute approximate surface area is 165 Å². The van der Waals surface area contributed by atoms with E-state index in [0.717, 1.165) is 5.56 Å². The molecule has 0 aromatic carbocycles. The number of aromatic nitrogens is 1. The van der Waals surface area contributed by atoms with Crippen LogP contribution in [0, 0.1) is 0 Å². The Balaban J connectivity index is 1.31. The van der Waals surface area contributed by atoms with Crippen LogP contribution < -0.4 is 10.9 Å². The Bertz CT molecular complexity index is 819. The monoisotopic (exact) mass is 433 g/mol. The Hall–Kier alpha value is -2.23. The van der Waals surface area contributed by atoms with E-state index in [1.165, 1.54) is 0 Å². The van der Waals surface area contributed by atoms with E-state index < -0.39 is 0 Å². The third kappa shape index (κ3) is 3.90. The van der Waals surface area contributed by atoms with Gasteiger partial charge >= 0.3 is 0 Å². The number of halogens is 1. The number of nitrogens with one attached hydrogen (secondary N) is 2. The van der Waals surface area contributed by atoms with Gasteiger partial charge in [-0.15, -0.1) is 0 Å². The second-order valence-electron chi connectivity index (χ2n) is 6.64. The molecule has 0 radical (unpaired) electrons. The molecule has 4 rings (SSSR count). The molecular weight excluding hydrogens is 414 g/mol. The minimum Gasteiger partial charge on any atom is -0.444 e. The summed E-state index contributed by atoms with van der Waals surface area (Å²) in [5.41, 5.74) is 7.33. The van der Waals surface area contributed by atoms with Crippen LogP contribution in [0.2, 0.25) is 0 Å². The normalized spacial score (nSPS) is 22.9. The molecule has 2 atom stereocenters. The van der Waals surface area contributed by atoms with Crippen molar-refractivity contribution in [1.82, 2.24) is 25.6 Å². The zero-order chi connectivity index (χ0) is 18.8. The number of piperazine rings is 1. The van der Waals surface area contributed by atoms with E-state index in [1.54, 1.807) is 23.2 Å². The van der Waals surface area contributed by atoms with Crippen LogP contribution in [-0.4, -0.2) is 58.8 Å². The fourth-order valence-corrected chi connectivity index (χ4v) is 3.76. The average molecular weight is 434 g/mol. The first-order chi connectivity index (χ1) is 13.1. The van der Waals surface area contributed by atoms with E-state index in [1.807, 2.05) is 23.2 Å². The van der Waals surface area contributed by atoms with Gasteiger partial charge in [0, 0.05) is 44.6 Å². The predicted octanol–water partition coefficient (Wildman–Crippen LogP) is 1.33. The predicted molar refractivity (Wildman–Crippen MR) is 101 cm³/mol. The molecule has 27 heavy (non-hydrogen) atoms. The third-order valence-corrected chi connectivity index (χ3v) is 5.38. The Morgan fingerprint density at radius 3 is 2.56 bits per heavy atom. The summed E-state index contributed by atoms with van der Waals surface area (Å²) in [6.45, 7) is 2.02. The van der Waals surface area contributed by atoms with Crippen molar-refractivity contribution in [2.75, 3.05) is 26.2 Å². The highest BCUT2D eigenvalue weighted by Gasteiger charge is 2.35. The molecule has 2 N–H and O–H groups in total. The Kier molecular flexibility index (Phi) is 5.24. The van der Waals surface area contributed by atoms with Crippen LogP contribution in [-0.2, 0) is 4.79 Å². The fourth-order valence-electron chi connectivity index (χ4n) is 3.45. The molecule has 2 unspecified atom stereocenters. The Morgan fingerprint density at radius 1 is 1.11 bits per heavy atom. The van der Waals surface area contributed by atoms with Crippen molar-refractivity contribution < 1.29 is 14.0 Å². The average Bonchev–Trinajstić information content (AvgIpc) is 3.37. The summed E-state index contributed by atoms with van der Waals surface area (Å²) in [5.74, 6) is 0.217. The van der Waals surface area contributed by atoms with Crippen LogP contribution in [0.15, 0.2) is 45.7 Å². The smallest absolute Gasteiger partial charge is 0.289 e. The number of furan rings is 1. The first-order valence-electron chi connectivity index (χ1n) is 8.86. The first-order valence-corrected chi connectivity index (χ1v) is 9.65. The minimum atomic E-state index is -0.279. The van der Waals surface area contributed by atoms with Crippen LogP contribution in [0.3, 0.4) is 0 Å². The molecule has 0 aliphatic carbocycles. The Morgan fingerprint density at radius 2 is 1.89 bits per heavy atom. The molecule has 2 aromatic rings. The van der Waals surface area contributed by atoms with E-state index >= 15 is 0 Å². The number of nitrogens with zero attached hydrogens (tertiary/aromatic N) is 3. The molecule has 2 fully saturated rings. The number of hydrogen-bond donors (Lipinski definition) is 2. The highest BCUT2D eigenvalue weighted by molar-refractivity contribution is 9.10. The number of hydrogen-bond acceptors (Lipinski definition) is 6. The van der Waals surface area contributed by atoms with E-state index in [4.69, 9.17) is 4.42 Å². The molecule has 2 aliphatic rings. The summed E-state index contributed by atoms with van der Waals surface area (Å²) >= 11 is 3.21. The van der Waals surface area contributed by atoms with Crippen LogP contribution >= 0.6 is 15.9 Å². The SMILES string of the molecule is O=C(c1ccc(Br)o1)N1CCN(C(=O)C2CC(c3cccnc3)NN2)CC1. The summed E-state index contributed by atoms with van der Waals surface area (Å²) in [6.07, 6.45) is 4.21. The molecule has 2 amide bonds. The maximum Gasteiger partial charge on any atom is 0.289 e. The third-order valence-electron chi connectivity index (χ3n) is 4.95. The number of rotatable bonds is 3. The van der Waals surface area contributed by atoms with E-state index in [9.17, 15) is 9.59 Å². The maximum atomic E-state index is 12.8. The van der Waals surface area contributed by atoms with E-state index in [0.29, 0.717) is 43.0 Å². The lowest BCUT2D eigenvalue weighted by Gasteiger charge is -2.35. The molecule has 0 spiro atoms. The lowest BCUT2D eigenvalue weighted by atomic mass is 10.0. The second-order valence-corrected chi connectivity index (χ2v) is 7.42. The largest absolute Gasteiger partial charge is 0.444 e. The van der Waals surface area contributed by atoms with Gasteiger partial charge in [0.25, 0.3) is 5.91 Å². The summed E-state index contributed by atoms with van der Waals surface area (Å²) in [5, 5.41) is 0. The standard InChI is InChI=1S/C18H20BrN5O3/c19-16-4-3-15(27-16)18(26)24-8-6-23(7-9-24)17(25)14-10-13(21-22-14)12-2-1-5-20-11-12/h1-5,11,13-14,21-22H,6-10H2. The lowest BCUT2D eigenvalue weighted by molar-refractivity contribution is -0.134. The van der Waals surface area contributed by atoms with Gasteiger partial charge < -0.3 is 14.2 Å². The van der Waals surface area contributed by atoms with Gasteiger partial charge in [0.15, 0.2) is 10.4 Å². The van der Waals surface area contributed by atoms with Gasteiger partial charge in [-0.1, -0.05) is 6.07 Å². The van der Waals surface area contributed by atoms with Gasteiger partial charge in [-0.25, -0.2) is 10.9 Å². The number of carbonyl (C=O) groups excluding carboxylic acids is 2. The van der Waals surface area contributed by atoms with E-state index in [2.05, 4.69) is 31.8 Å². The molecule has 9 heteroatoms. The zero-order valence-electron chi connectivity index (χ0n) is 14.6. The van der Waals surface area contributed by atoms with E-state index in [-0.39, 0.29) is 23.9 Å². The van der Waals surface area contributed by atoms with Crippen molar-refractivity contribution >= 4 is 27.7 Å². The van der Waals surface area contributed by atoms with Crippen molar-refractivity contribution in [2.24, 2.45) is 0 Å². The molecule has 4 heterocycles. The summed E-state index contributed by atoms with van der Waals surface area (Å²) in [7, 11) is 0. The maximum absolute atomic E-state index is 12.8. The summed E-state index contributed by atoms with van der Waals surface area (Å²) in [4.78, 5) is 32.9. The molecule has 142 valence electrons. The van der Waals surface area contributed by atoms with Gasteiger partial charge in [0.1, 0.15) is 6.04 Å². The summed E-state index contributed by atoms with van der Waals surface area (Å²) < 4.78 is 5.86. The van der Waals surface area contributed by atoms with Crippen molar-refractivity contribution in [1.29, 1.82) is 0 Å². The molecule has 8 nitrogen and oxygen atoms in total. The molecule has 0 saturated carbocycles. The highest BCUT2D eigenvalue weighted by Crippen LogP contribution is 2.23. The number of carbonyl (C=O) groups is 2. The van der Waals surface area contributed by atoms with Crippen molar-refractivity contribution in [3.05, 3.63) is 52.7 Å². The quantitative estimate of drug-likeness (QED) is 0.758. The van der Waals surface area contributed by atoms with Gasteiger partial charge in [0.2, 0.25) is 5.91 Å². The fraction of sp³-hybridized carbons (Fsp3) is 0.389. The molecular formula is C18H20BrN5O3. The van der Waals surface area contributed by atoms with Crippen LogP contribution in [0.1, 0.15) is 28.6 Å². The first kappa shape index (κ1) is 18.1. The topological polar surface area (TPSA) is 90.7 Å². The van der Waals surface area contributed by atoms with Crippen LogP contribution in [0.4, 0.5) is 0 Å². The van der Waals surface area contributed by atoms with Crippen molar-refractivity contribution in [3.63, 3.8) is 0 Å². The van der Waals surface area contributed by atoms with Crippen LogP contribution in [0.5, 0.6) is 0 Å². The zero-order valence-corrected chi connectivity index (χ0v) is 16.2. The van der Waals surface area contributed by atoms with Crippen molar-refractivity contribution in [2.45, 2.75) is 18.5 Å². The molecule has 2 saturated heterocycles. The van der Waals surface area contributed by atoms with Crippen molar-refractivity contribution in [3.8, 4) is 0 Å². The molecule has 0 bridgehead atoms. The summed E-state index contributed by atoms with van der Waals surface area (Å²) in [6, 6.07) is 7.02. The highest BCUT2D eigenvalue weighted by atomic mass is 79.9. The number of amides is 2. The van der Waals surface area contributed by atoms with Gasteiger partial charge in [-0.05, 0) is 46.1 Å². The lowest BCUT2D eigenvalue weighted by Crippen LogP contribution is -2.54. The molecule has 2 aromatic heterocycles. The minimum absolute atomic E-state index is 0.0572. The second kappa shape index (κ2) is 7.79.